The van der Waals surface area contributed by atoms with Crippen molar-refractivity contribution >= 4 is 41.2 Å². The maximum absolute atomic E-state index is 12.8. The van der Waals surface area contributed by atoms with Crippen LogP contribution in [0.25, 0.3) is 0 Å². The Morgan fingerprint density at radius 3 is 2.38 bits per heavy atom. The SMILES string of the molecule is CCOc1cc(/C=N\NC(=O)C(NC(=O)c2ccccc2Cl)C(C)C)ccc1OCc1ccc(Cl)cc1. The van der Waals surface area contributed by atoms with Crippen LogP contribution >= 0.6 is 23.2 Å². The Hall–Kier alpha value is -3.55. The lowest BCUT2D eigenvalue weighted by Crippen LogP contribution is -2.48. The van der Waals surface area contributed by atoms with Crippen molar-refractivity contribution in [1.82, 2.24) is 10.7 Å². The summed E-state index contributed by atoms with van der Waals surface area (Å²) < 4.78 is 11.6. The van der Waals surface area contributed by atoms with Gasteiger partial charge in [0.25, 0.3) is 11.8 Å². The summed E-state index contributed by atoms with van der Waals surface area (Å²) >= 11 is 12.0. The second-order valence-electron chi connectivity index (χ2n) is 8.46. The quantitative estimate of drug-likeness (QED) is 0.234. The van der Waals surface area contributed by atoms with Gasteiger partial charge >= 0.3 is 0 Å². The maximum Gasteiger partial charge on any atom is 0.262 e. The number of rotatable bonds is 11. The predicted octanol–water partition coefficient (Wildman–Crippen LogP) is 5.88. The first-order valence-corrected chi connectivity index (χ1v) is 12.6. The van der Waals surface area contributed by atoms with Crippen molar-refractivity contribution in [3.8, 4) is 11.5 Å². The maximum atomic E-state index is 12.8. The van der Waals surface area contributed by atoms with Gasteiger partial charge in [0.15, 0.2) is 11.5 Å². The highest BCUT2D eigenvalue weighted by molar-refractivity contribution is 6.33. The molecule has 0 aromatic heterocycles. The lowest BCUT2D eigenvalue weighted by Gasteiger charge is -2.20. The summed E-state index contributed by atoms with van der Waals surface area (Å²) in [5.41, 5.74) is 4.47. The Balaban J connectivity index is 1.64. The normalized spacial score (nSPS) is 11.8. The van der Waals surface area contributed by atoms with Crippen LogP contribution in [0.2, 0.25) is 10.0 Å². The van der Waals surface area contributed by atoms with Gasteiger partial charge in [0.2, 0.25) is 0 Å². The number of ether oxygens (including phenoxy) is 2. The van der Waals surface area contributed by atoms with Crippen molar-refractivity contribution in [1.29, 1.82) is 0 Å². The largest absolute Gasteiger partial charge is 0.490 e. The van der Waals surface area contributed by atoms with Crippen LogP contribution in [0.4, 0.5) is 0 Å². The van der Waals surface area contributed by atoms with Crippen LogP contribution in [0.5, 0.6) is 11.5 Å². The Morgan fingerprint density at radius 2 is 1.70 bits per heavy atom. The number of carbonyl (C=O) groups excluding carboxylic acids is 2. The van der Waals surface area contributed by atoms with E-state index in [1.807, 2.05) is 45.0 Å². The van der Waals surface area contributed by atoms with Crippen LogP contribution in [0, 0.1) is 5.92 Å². The van der Waals surface area contributed by atoms with E-state index in [1.165, 1.54) is 6.21 Å². The zero-order valence-corrected chi connectivity index (χ0v) is 22.3. The van der Waals surface area contributed by atoms with Gasteiger partial charge in [-0.2, -0.15) is 5.10 Å². The van der Waals surface area contributed by atoms with Gasteiger partial charge < -0.3 is 14.8 Å². The molecular weight excluding hydrogens is 513 g/mol. The van der Waals surface area contributed by atoms with Gasteiger partial charge in [-0.05, 0) is 66.4 Å². The van der Waals surface area contributed by atoms with E-state index >= 15 is 0 Å². The molecular formula is C28H29Cl2N3O4. The third-order valence-corrected chi connectivity index (χ3v) is 5.90. The molecule has 7 nitrogen and oxygen atoms in total. The van der Waals surface area contributed by atoms with Crippen LogP contribution in [0.3, 0.4) is 0 Å². The van der Waals surface area contributed by atoms with Crippen molar-refractivity contribution in [2.45, 2.75) is 33.4 Å². The third-order valence-electron chi connectivity index (χ3n) is 5.32. The average Bonchev–Trinajstić information content (AvgIpc) is 2.87. The van der Waals surface area contributed by atoms with Gasteiger partial charge in [-0.15, -0.1) is 0 Å². The number of nitrogens with zero attached hydrogens (tertiary/aromatic N) is 1. The Labute approximate surface area is 226 Å². The second-order valence-corrected chi connectivity index (χ2v) is 9.31. The average molecular weight is 542 g/mol. The minimum atomic E-state index is -0.802. The summed E-state index contributed by atoms with van der Waals surface area (Å²) in [5, 5.41) is 7.77. The summed E-state index contributed by atoms with van der Waals surface area (Å²) in [7, 11) is 0. The third kappa shape index (κ3) is 8.23. The smallest absolute Gasteiger partial charge is 0.262 e. The molecule has 2 amide bonds. The number of hydrazone groups is 1. The van der Waals surface area contributed by atoms with Gasteiger partial charge in [0, 0.05) is 5.02 Å². The van der Waals surface area contributed by atoms with Crippen LogP contribution in [-0.4, -0.2) is 30.7 Å². The number of halogens is 2. The highest BCUT2D eigenvalue weighted by Crippen LogP contribution is 2.29. The highest BCUT2D eigenvalue weighted by atomic mass is 35.5. The number of amides is 2. The fourth-order valence-electron chi connectivity index (χ4n) is 3.37. The molecule has 1 unspecified atom stereocenters. The summed E-state index contributed by atoms with van der Waals surface area (Å²) in [6.45, 7) is 6.36. The first kappa shape index (κ1) is 28.0. The molecule has 1 atom stereocenters. The van der Waals surface area contributed by atoms with Gasteiger partial charge in [-0.1, -0.05) is 61.3 Å². The van der Waals surface area contributed by atoms with E-state index in [0.29, 0.717) is 45.9 Å². The fourth-order valence-corrected chi connectivity index (χ4v) is 3.72. The monoisotopic (exact) mass is 541 g/mol. The molecule has 3 aromatic rings. The van der Waals surface area contributed by atoms with Gasteiger partial charge in [0.05, 0.1) is 23.4 Å². The minimum Gasteiger partial charge on any atom is -0.490 e. The van der Waals surface area contributed by atoms with Crippen LogP contribution in [0.1, 0.15) is 42.3 Å². The summed E-state index contributed by atoms with van der Waals surface area (Å²) in [6.07, 6.45) is 1.50. The molecule has 0 bridgehead atoms. The molecule has 194 valence electrons. The van der Waals surface area contributed by atoms with E-state index in [4.69, 9.17) is 32.7 Å². The molecule has 2 N–H and O–H groups in total. The molecule has 0 aliphatic heterocycles. The van der Waals surface area contributed by atoms with Crippen molar-refractivity contribution < 1.29 is 19.1 Å². The van der Waals surface area contributed by atoms with Crippen molar-refractivity contribution in [3.63, 3.8) is 0 Å². The summed E-state index contributed by atoms with van der Waals surface area (Å²) in [4.78, 5) is 25.4. The molecule has 0 aliphatic rings. The molecule has 3 rings (SSSR count). The lowest BCUT2D eigenvalue weighted by molar-refractivity contribution is -0.123. The molecule has 0 spiro atoms. The van der Waals surface area contributed by atoms with Crippen molar-refractivity contribution in [2.75, 3.05) is 6.61 Å². The predicted molar refractivity (Wildman–Crippen MR) is 147 cm³/mol. The Bertz CT molecular complexity index is 1250. The number of hydrogen-bond donors (Lipinski definition) is 2. The zero-order chi connectivity index (χ0) is 26.8. The van der Waals surface area contributed by atoms with E-state index in [2.05, 4.69) is 15.8 Å². The Morgan fingerprint density at radius 1 is 0.973 bits per heavy atom. The number of hydrogen-bond acceptors (Lipinski definition) is 5. The topological polar surface area (TPSA) is 89.0 Å². The van der Waals surface area contributed by atoms with Crippen LogP contribution < -0.4 is 20.2 Å². The number of carbonyl (C=O) groups is 2. The van der Waals surface area contributed by atoms with Gasteiger partial charge in [0.1, 0.15) is 12.6 Å². The van der Waals surface area contributed by atoms with E-state index in [-0.39, 0.29) is 5.92 Å². The van der Waals surface area contributed by atoms with Crippen LogP contribution in [-0.2, 0) is 11.4 Å². The van der Waals surface area contributed by atoms with Gasteiger partial charge in [-0.3, -0.25) is 9.59 Å². The molecule has 0 heterocycles. The molecule has 3 aromatic carbocycles. The second kappa shape index (κ2) is 13.7. The van der Waals surface area contributed by atoms with E-state index < -0.39 is 17.9 Å². The van der Waals surface area contributed by atoms with Crippen molar-refractivity contribution in [3.05, 3.63) is 93.5 Å². The first-order valence-electron chi connectivity index (χ1n) is 11.8. The molecule has 0 saturated heterocycles. The van der Waals surface area contributed by atoms with Crippen LogP contribution in [0.15, 0.2) is 71.8 Å². The molecule has 0 saturated carbocycles. The molecule has 37 heavy (non-hydrogen) atoms. The fraction of sp³-hybridized carbons (Fsp3) is 0.250. The molecule has 9 heteroatoms. The number of nitrogens with one attached hydrogen (secondary N) is 2. The molecule has 0 aliphatic carbocycles. The van der Waals surface area contributed by atoms with E-state index in [9.17, 15) is 9.59 Å². The summed E-state index contributed by atoms with van der Waals surface area (Å²) in [5.74, 6) is 0.0841. The lowest BCUT2D eigenvalue weighted by atomic mass is 10.0. The molecule has 0 radical (unpaired) electrons. The first-order chi connectivity index (χ1) is 17.8. The Kier molecular flexibility index (Phi) is 10.4. The highest BCUT2D eigenvalue weighted by Gasteiger charge is 2.25. The van der Waals surface area contributed by atoms with E-state index in [0.717, 1.165) is 5.56 Å². The standard InChI is InChI=1S/C28H29Cl2N3O4/c1-4-36-25-15-20(11-14-24(25)37-17-19-9-12-21(29)13-10-19)16-31-33-28(35)26(18(2)3)32-27(34)22-7-5-6-8-23(22)30/h5-16,18,26H,4,17H2,1-3H3,(H,32,34)(H,33,35)/b31-16-. The number of benzene rings is 3. The van der Waals surface area contributed by atoms with E-state index in [1.54, 1.807) is 42.5 Å². The zero-order valence-electron chi connectivity index (χ0n) is 20.8. The minimum absolute atomic E-state index is 0.178. The summed E-state index contributed by atoms with van der Waals surface area (Å²) in [6, 6.07) is 18.6. The van der Waals surface area contributed by atoms with Crippen molar-refractivity contribution in [2.24, 2.45) is 11.0 Å². The molecule has 0 fully saturated rings. The van der Waals surface area contributed by atoms with Gasteiger partial charge in [-0.25, -0.2) is 5.43 Å².